The molecule has 0 radical (unpaired) electrons. The van der Waals surface area contributed by atoms with Crippen LogP contribution in [0.5, 0.6) is 0 Å². The lowest BCUT2D eigenvalue weighted by Gasteiger charge is -2.07. The molecular formula is C14H23N. The Morgan fingerprint density at radius 2 is 1.53 bits per heavy atom. The Hall–Kier alpha value is -0.820. The fraction of sp³-hybridized carbons (Fsp3) is 0.571. The van der Waals surface area contributed by atoms with E-state index < -0.39 is 0 Å². The lowest BCUT2D eigenvalue weighted by molar-refractivity contribution is 0.646. The maximum Gasteiger partial charge on any atom is 0.00136 e. The van der Waals surface area contributed by atoms with E-state index >= 15 is 0 Å². The Morgan fingerprint density at radius 3 is 2.00 bits per heavy atom. The molecule has 1 atom stereocenters. The number of hydrogen-bond donors (Lipinski definition) is 1. The van der Waals surface area contributed by atoms with E-state index in [4.69, 9.17) is 5.73 Å². The zero-order valence-electron chi connectivity index (χ0n) is 10.2. The van der Waals surface area contributed by atoms with Gasteiger partial charge in [-0.2, -0.15) is 0 Å². The monoisotopic (exact) mass is 205 g/mol. The van der Waals surface area contributed by atoms with Crippen molar-refractivity contribution in [3.8, 4) is 0 Å². The molecule has 0 aliphatic rings. The van der Waals surface area contributed by atoms with Crippen LogP contribution in [0.25, 0.3) is 0 Å². The summed E-state index contributed by atoms with van der Waals surface area (Å²) < 4.78 is 0. The zero-order chi connectivity index (χ0) is 11.3. The Kier molecular flexibility index (Phi) is 4.83. The summed E-state index contributed by atoms with van der Waals surface area (Å²) in [5.74, 6) is 0.736. The van der Waals surface area contributed by atoms with Gasteiger partial charge in [0, 0.05) is 6.04 Å². The molecule has 0 fully saturated rings. The molecule has 1 heteroatoms. The van der Waals surface area contributed by atoms with Crippen molar-refractivity contribution < 1.29 is 0 Å². The number of benzene rings is 1. The van der Waals surface area contributed by atoms with Crippen molar-refractivity contribution in [1.29, 1.82) is 0 Å². The highest BCUT2D eigenvalue weighted by atomic mass is 14.6. The first-order chi connectivity index (χ1) is 7.08. The molecule has 0 amide bonds. The molecule has 84 valence electrons. The fourth-order valence-electron chi connectivity index (χ4n) is 1.71. The Morgan fingerprint density at radius 1 is 1.00 bits per heavy atom. The van der Waals surface area contributed by atoms with E-state index in [1.807, 2.05) is 0 Å². The van der Waals surface area contributed by atoms with Gasteiger partial charge in [-0.3, -0.25) is 0 Å². The summed E-state index contributed by atoms with van der Waals surface area (Å²) in [6.07, 6.45) is 3.34. The molecule has 0 saturated carbocycles. The van der Waals surface area contributed by atoms with Crippen LogP contribution in [-0.2, 0) is 12.8 Å². The maximum atomic E-state index is 5.74. The highest BCUT2D eigenvalue weighted by molar-refractivity contribution is 5.23. The minimum absolute atomic E-state index is 0.306. The van der Waals surface area contributed by atoms with Gasteiger partial charge >= 0.3 is 0 Å². The van der Waals surface area contributed by atoms with Crippen molar-refractivity contribution in [3.05, 3.63) is 35.4 Å². The second-order valence-electron chi connectivity index (χ2n) is 4.93. The van der Waals surface area contributed by atoms with Crippen molar-refractivity contribution in [1.82, 2.24) is 0 Å². The van der Waals surface area contributed by atoms with Gasteiger partial charge in [-0.25, -0.2) is 0 Å². The Labute approximate surface area is 93.7 Å². The van der Waals surface area contributed by atoms with Crippen LogP contribution in [0.1, 0.15) is 38.3 Å². The molecule has 0 spiro atoms. The predicted octanol–water partition coefficient (Wildman–Crippen LogP) is 3.16. The van der Waals surface area contributed by atoms with Gasteiger partial charge in [-0.15, -0.1) is 0 Å². The molecule has 2 N–H and O–H groups in total. The third-order valence-electron chi connectivity index (χ3n) is 2.56. The van der Waals surface area contributed by atoms with Crippen LogP contribution in [0, 0.1) is 5.92 Å². The lowest BCUT2D eigenvalue weighted by Crippen LogP contribution is -2.15. The predicted molar refractivity (Wildman–Crippen MR) is 67.0 cm³/mol. The van der Waals surface area contributed by atoms with Crippen molar-refractivity contribution in [3.63, 3.8) is 0 Å². The average Bonchev–Trinajstić information content (AvgIpc) is 2.16. The van der Waals surface area contributed by atoms with E-state index in [1.54, 1.807) is 0 Å². The molecule has 1 aromatic carbocycles. The summed E-state index contributed by atoms with van der Waals surface area (Å²) >= 11 is 0. The molecule has 0 unspecified atom stereocenters. The van der Waals surface area contributed by atoms with E-state index in [9.17, 15) is 0 Å². The summed E-state index contributed by atoms with van der Waals surface area (Å²) in [6, 6.07) is 9.27. The number of rotatable bonds is 5. The Bertz CT molecular complexity index is 272. The van der Waals surface area contributed by atoms with E-state index in [0.717, 1.165) is 18.8 Å². The zero-order valence-corrected chi connectivity index (χ0v) is 10.2. The summed E-state index contributed by atoms with van der Waals surface area (Å²) in [5, 5.41) is 0. The molecule has 0 aromatic heterocycles. The first kappa shape index (κ1) is 12.3. The molecule has 1 nitrogen and oxygen atoms in total. The van der Waals surface area contributed by atoms with Gasteiger partial charge in [0.25, 0.3) is 0 Å². The van der Waals surface area contributed by atoms with Crippen LogP contribution in [0.3, 0.4) is 0 Å². The lowest BCUT2D eigenvalue weighted by atomic mass is 10.00. The van der Waals surface area contributed by atoms with Gasteiger partial charge < -0.3 is 5.73 Å². The first-order valence-corrected chi connectivity index (χ1v) is 5.91. The van der Waals surface area contributed by atoms with Gasteiger partial charge in [-0.05, 0) is 43.2 Å². The number of hydrogen-bond acceptors (Lipinski definition) is 1. The number of nitrogens with two attached hydrogens (primary N) is 1. The second-order valence-corrected chi connectivity index (χ2v) is 4.93. The highest BCUT2D eigenvalue weighted by Crippen LogP contribution is 2.11. The smallest absolute Gasteiger partial charge is 0.00136 e. The average molecular weight is 205 g/mol. The molecule has 0 saturated heterocycles. The van der Waals surface area contributed by atoms with Crippen LogP contribution in [0.4, 0.5) is 0 Å². The summed E-state index contributed by atoms with van der Waals surface area (Å²) in [4.78, 5) is 0. The van der Waals surface area contributed by atoms with E-state index in [1.165, 1.54) is 17.5 Å². The Balaban J connectivity index is 2.49. The van der Waals surface area contributed by atoms with Crippen molar-refractivity contribution in [2.45, 2.75) is 46.1 Å². The minimum atomic E-state index is 0.306. The quantitative estimate of drug-likeness (QED) is 0.785. The fourth-order valence-corrected chi connectivity index (χ4v) is 1.71. The summed E-state index contributed by atoms with van der Waals surface area (Å²) in [5.41, 5.74) is 8.58. The molecular weight excluding hydrogens is 182 g/mol. The van der Waals surface area contributed by atoms with Crippen LogP contribution in [-0.4, -0.2) is 6.04 Å². The normalized spacial score (nSPS) is 13.1. The summed E-state index contributed by atoms with van der Waals surface area (Å²) in [7, 11) is 0. The molecule has 1 aromatic rings. The molecule has 1 rings (SSSR count). The van der Waals surface area contributed by atoms with Gasteiger partial charge in [0.05, 0.1) is 0 Å². The van der Waals surface area contributed by atoms with Crippen LogP contribution in [0.2, 0.25) is 0 Å². The third-order valence-corrected chi connectivity index (χ3v) is 2.56. The van der Waals surface area contributed by atoms with Gasteiger partial charge in [0.15, 0.2) is 0 Å². The molecule has 0 aliphatic carbocycles. The van der Waals surface area contributed by atoms with Crippen LogP contribution >= 0.6 is 0 Å². The minimum Gasteiger partial charge on any atom is -0.328 e. The third kappa shape index (κ3) is 4.98. The van der Waals surface area contributed by atoms with Crippen molar-refractivity contribution >= 4 is 0 Å². The highest BCUT2D eigenvalue weighted by Gasteiger charge is 1.99. The maximum absolute atomic E-state index is 5.74. The largest absolute Gasteiger partial charge is 0.328 e. The molecule has 0 heterocycles. The van der Waals surface area contributed by atoms with Crippen molar-refractivity contribution in [2.75, 3.05) is 0 Å². The number of aryl methyl sites for hydroxylation is 1. The first-order valence-electron chi connectivity index (χ1n) is 5.91. The topological polar surface area (TPSA) is 26.0 Å². The van der Waals surface area contributed by atoms with Crippen LogP contribution in [0.15, 0.2) is 24.3 Å². The van der Waals surface area contributed by atoms with Crippen LogP contribution < -0.4 is 5.73 Å². The summed E-state index contributed by atoms with van der Waals surface area (Å²) in [6.45, 7) is 6.57. The van der Waals surface area contributed by atoms with Gasteiger partial charge in [-0.1, -0.05) is 38.1 Å². The van der Waals surface area contributed by atoms with Gasteiger partial charge in [0.1, 0.15) is 0 Å². The SMILES string of the molecule is CC(C)Cc1ccc(CC[C@H](C)N)cc1. The molecule has 15 heavy (non-hydrogen) atoms. The van der Waals surface area contributed by atoms with E-state index in [-0.39, 0.29) is 0 Å². The van der Waals surface area contributed by atoms with E-state index in [0.29, 0.717) is 6.04 Å². The molecule has 0 bridgehead atoms. The van der Waals surface area contributed by atoms with E-state index in [2.05, 4.69) is 45.0 Å². The van der Waals surface area contributed by atoms with Gasteiger partial charge in [0.2, 0.25) is 0 Å². The second kappa shape index (κ2) is 5.92. The standard InChI is InChI=1S/C14H23N/c1-11(2)10-14-8-6-13(7-9-14)5-4-12(3)15/h6-9,11-12H,4-5,10,15H2,1-3H3/t12-/m0/s1. The molecule has 0 aliphatic heterocycles. The van der Waals surface area contributed by atoms with Crippen molar-refractivity contribution in [2.24, 2.45) is 11.7 Å².